The van der Waals surface area contributed by atoms with Crippen LogP contribution in [0.25, 0.3) is 10.8 Å². The highest BCUT2D eigenvalue weighted by molar-refractivity contribution is 5.83. The summed E-state index contributed by atoms with van der Waals surface area (Å²) in [7, 11) is 2.15. The van der Waals surface area contributed by atoms with Gasteiger partial charge in [0.1, 0.15) is 0 Å². The number of piperazine rings is 1. The Bertz CT molecular complexity index is 1060. The minimum absolute atomic E-state index is 0.295. The lowest BCUT2D eigenvalue weighted by Crippen LogP contribution is -2.44. The van der Waals surface area contributed by atoms with Crippen LogP contribution in [-0.2, 0) is 6.54 Å². The molecule has 1 saturated heterocycles. The van der Waals surface area contributed by atoms with Crippen LogP contribution in [0, 0.1) is 0 Å². The smallest absolute Gasteiger partial charge is 0.270 e. The molecular weight excluding hydrogens is 342 g/mol. The summed E-state index contributed by atoms with van der Waals surface area (Å²) in [5.41, 5.74) is 2.63. The van der Waals surface area contributed by atoms with E-state index in [1.165, 1.54) is 11.3 Å². The van der Waals surface area contributed by atoms with E-state index in [-0.39, 0.29) is 11.1 Å². The van der Waals surface area contributed by atoms with Crippen LogP contribution >= 0.6 is 0 Å². The van der Waals surface area contributed by atoms with Crippen LogP contribution in [0.1, 0.15) is 5.56 Å². The van der Waals surface area contributed by atoms with Crippen LogP contribution in [0.3, 0.4) is 0 Å². The molecule has 4 rings (SSSR count). The van der Waals surface area contributed by atoms with Gasteiger partial charge in [-0.05, 0) is 42.9 Å². The van der Waals surface area contributed by atoms with Gasteiger partial charge in [0.05, 0.1) is 10.8 Å². The van der Waals surface area contributed by atoms with E-state index in [4.69, 9.17) is 0 Å². The molecule has 1 aliphatic rings. The standard InChI is InChI=1S/C20H23N5O2/c1-24-7-9-25(10-8-24)16-4-2-3-14(11-16)13-21-15-5-6-17-18(12-15)20(27)23-22-19(17)26/h2-6,11-12,21H,7-10,13H2,1H3,(H,22,26)(H,23,27). The molecule has 3 N–H and O–H groups in total. The topological polar surface area (TPSA) is 84.2 Å². The van der Waals surface area contributed by atoms with E-state index in [1.807, 2.05) is 6.07 Å². The van der Waals surface area contributed by atoms with Gasteiger partial charge < -0.3 is 15.1 Å². The van der Waals surface area contributed by atoms with Gasteiger partial charge in [0.2, 0.25) is 0 Å². The molecule has 7 nitrogen and oxygen atoms in total. The molecule has 140 valence electrons. The third-order valence-electron chi connectivity index (χ3n) is 5.07. The van der Waals surface area contributed by atoms with Crippen LogP contribution in [0.4, 0.5) is 11.4 Å². The molecule has 7 heteroatoms. The minimum atomic E-state index is -0.301. The van der Waals surface area contributed by atoms with Gasteiger partial charge in [-0.3, -0.25) is 19.8 Å². The lowest BCUT2D eigenvalue weighted by atomic mass is 10.1. The molecule has 1 fully saturated rings. The number of aromatic amines is 2. The van der Waals surface area contributed by atoms with E-state index >= 15 is 0 Å². The Morgan fingerprint density at radius 3 is 2.44 bits per heavy atom. The van der Waals surface area contributed by atoms with E-state index in [1.54, 1.807) is 12.1 Å². The van der Waals surface area contributed by atoms with Gasteiger partial charge in [-0.25, -0.2) is 0 Å². The van der Waals surface area contributed by atoms with Crippen LogP contribution in [0.15, 0.2) is 52.1 Å². The predicted octanol–water partition coefficient (Wildman–Crippen LogP) is 1.58. The van der Waals surface area contributed by atoms with E-state index in [0.717, 1.165) is 31.9 Å². The molecule has 0 atom stereocenters. The normalized spacial score (nSPS) is 15.2. The molecular formula is C20H23N5O2. The fraction of sp³-hybridized carbons (Fsp3) is 0.300. The van der Waals surface area contributed by atoms with Crippen molar-refractivity contribution in [1.82, 2.24) is 15.1 Å². The summed E-state index contributed by atoms with van der Waals surface area (Å²) in [5.74, 6) is 0. The average molecular weight is 365 g/mol. The first-order chi connectivity index (χ1) is 13.1. The summed E-state index contributed by atoms with van der Waals surface area (Å²) < 4.78 is 0. The summed E-state index contributed by atoms with van der Waals surface area (Å²) in [6, 6.07) is 13.7. The fourth-order valence-corrected chi connectivity index (χ4v) is 3.42. The first-order valence-corrected chi connectivity index (χ1v) is 9.11. The van der Waals surface area contributed by atoms with Crippen molar-refractivity contribution in [2.45, 2.75) is 6.54 Å². The van der Waals surface area contributed by atoms with Crippen molar-refractivity contribution in [1.29, 1.82) is 0 Å². The molecule has 0 spiro atoms. The molecule has 3 aromatic rings. The van der Waals surface area contributed by atoms with Crippen molar-refractivity contribution >= 4 is 22.1 Å². The molecule has 1 aliphatic heterocycles. The SMILES string of the molecule is CN1CCN(c2cccc(CNc3ccc4c(=O)[nH][nH]c(=O)c4c3)c2)CC1. The number of nitrogens with one attached hydrogen (secondary N) is 3. The second kappa shape index (κ2) is 7.28. The first-order valence-electron chi connectivity index (χ1n) is 9.11. The van der Waals surface area contributed by atoms with Crippen LogP contribution < -0.4 is 21.3 Å². The Hall–Kier alpha value is -3.06. The summed E-state index contributed by atoms with van der Waals surface area (Å²) in [6.45, 7) is 4.87. The molecule has 0 amide bonds. The number of aromatic nitrogens is 2. The predicted molar refractivity (Wildman–Crippen MR) is 109 cm³/mol. The Morgan fingerprint density at radius 2 is 1.67 bits per heavy atom. The Kier molecular flexibility index (Phi) is 4.68. The van der Waals surface area contributed by atoms with Crippen molar-refractivity contribution in [3.05, 3.63) is 68.7 Å². The van der Waals surface area contributed by atoms with E-state index in [9.17, 15) is 9.59 Å². The maximum Gasteiger partial charge on any atom is 0.270 e. The third-order valence-corrected chi connectivity index (χ3v) is 5.07. The number of anilines is 2. The van der Waals surface area contributed by atoms with E-state index in [2.05, 4.69) is 56.6 Å². The Balaban J connectivity index is 1.50. The van der Waals surface area contributed by atoms with Crippen LogP contribution in [-0.4, -0.2) is 48.3 Å². The highest BCUT2D eigenvalue weighted by Gasteiger charge is 2.14. The van der Waals surface area contributed by atoms with Crippen molar-refractivity contribution in [2.24, 2.45) is 0 Å². The molecule has 27 heavy (non-hydrogen) atoms. The molecule has 2 heterocycles. The number of benzene rings is 2. The summed E-state index contributed by atoms with van der Waals surface area (Å²) in [6.07, 6.45) is 0. The summed E-state index contributed by atoms with van der Waals surface area (Å²) in [4.78, 5) is 28.5. The molecule has 0 aliphatic carbocycles. The number of H-pyrrole nitrogens is 2. The molecule has 0 bridgehead atoms. The number of hydrogen-bond donors (Lipinski definition) is 3. The number of hydrogen-bond acceptors (Lipinski definition) is 5. The third kappa shape index (κ3) is 3.73. The molecule has 0 unspecified atom stereocenters. The molecule has 1 aromatic heterocycles. The van der Waals surface area contributed by atoms with Gasteiger partial charge in [0, 0.05) is 44.1 Å². The van der Waals surface area contributed by atoms with Gasteiger partial charge in [0.15, 0.2) is 0 Å². The van der Waals surface area contributed by atoms with Crippen LogP contribution in [0.2, 0.25) is 0 Å². The second-order valence-electron chi connectivity index (χ2n) is 6.98. The van der Waals surface area contributed by atoms with E-state index < -0.39 is 0 Å². The maximum atomic E-state index is 11.9. The van der Waals surface area contributed by atoms with Crippen molar-refractivity contribution in [3.8, 4) is 0 Å². The first kappa shape index (κ1) is 17.4. The van der Waals surface area contributed by atoms with Gasteiger partial charge in [0.25, 0.3) is 11.1 Å². The Morgan fingerprint density at radius 1 is 0.926 bits per heavy atom. The molecule has 2 aromatic carbocycles. The van der Waals surface area contributed by atoms with Crippen LogP contribution in [0.5, 0.6) is 0 Å². The largest absolute Gasteiger partial charge is 0.381 e. The molecule has 0 radical (unpaired) electrons. The summed E-state index contributed by atoms with van der Waals surface area (Å²) >= 11 is 0. The number of fused-ring (bicyclic) bond motifs is 1. The number of nitrogens with zero attached hydrogens (tertiary/aromatic N) is 2. The zero-order chi connectivity index (χ0) is 18.8. The quantitative estimate of drug-likeness (QED) is 0.654. The van der Waals surface area contributed by atoms with Crippen molar-refractivity contribution < 1.29 is 0 Å². The number of likely N-dealkylation sites (N-methyl/N-ethyl adjacent to an activating group) is 1. The highest BCUT2D eigenvalue weighted by Crippen LogP contribution is 2.19. The lowest BCUT2D eigenvalue weighted by Gasteiger charge is -2.34. The van der Waals surface area contributed by atoms with Crippen molar-refractivity contribution in [2.75, 3.05) is 43.4 Å². The summed E-state index contributed by atoms with van der Waals surface area (Å²) in [5, 5.41) is 8.82. The average Bonchev–Trinajstić information content (AvgIpc) is 2.70. The zero-order valence-corrected chi connectivity index (χ0v) is 15.3. The van der Waals surface area contributed by atoms with Gasteiger partial charge in [-0.2, -0.15) is 0 Å². The molecule has 0 saturated carbocycles. The monoisotopic (exact) mass is 365 g/mol. The maximum absolute atomic E-state index is 11.9. The number of rotatable bonds is 4. The minimum Gasteiger partial charge on any atom is -0.381 e. The van der Waals surface area contributed by atoms with Gasteiger partial charge >= 0.3 is 0 Å². The fourth-order valence-electron chi connectivity index (χ4n) is 3.42. The lowest BCUT2D eigenvalue weighted by molar-refractivity contribution is 0.313. The highest BCUT2D eigenvalue weighted by atomic mass is 16.1. The van der Waals surface area contributed by atoms with Crippen molar-refractivity contribution in [3.63, 3.8) is 0 Å². The second-order valence-corrected chi connectivity index (χ2v) is 6.98. The van der Waals surface area contributed by atoms with Gasteiger partial charge in [-0.15, -0.1) is 0 Å². The van der Waals surface area contributed by atoms with E-state index in [0.29, 0.717) is 17.3 Å². The Labute approximate surface area is 156 Å². The van der Waals surface area contributed by atoms with Gasteiger partial charge in [-0.1, -0.05) is 12.1 Å². The zero-order valence-electron chi connectivity index (χ0n) is 15.3.